The van der Waals surface area contributed by atoms with E-state index in [1.165, 1.54) is 20.3 Å². The first-order valence-corrected chi connectivity index (χ1v) is 11.1. The quantitative estimate of drug-likeness (QED) is 0.443. The van der Waals surface area contributed by atoms with E-state index < -0.39 is 35.3 Å². The Bertz CT molecular complexity index is 1200. The number of carbonyl (C=O) groups is 3. The number of amides is 2. The van der Waals surface area contributed by atoms with Gasteiger partial charge in [-0.1, -0.05) is 17.2 Å². The van der Waals surface area contributed by atoms with E-state index in [9.17, 15) is 19.5 Å². The molecule has 0 aliphatic carbocycles. The van der Waals surface area contributed by atoms with E-state index >= 15 is 0 Å². The number of rotatable bonds is 8. The summed E-state index contributed by atoms with van der Waals surface area (Å²) in [6.07, 6.45) is 2.98. The Hall–Kier alpha value is -3.89. The Morgan fingerprint density at radius 2 is 1.71 bits per heavy atom. The monoisotopic (exact) mass is 478 g/mol. The molecule has 10 heteroatoms. The highest BCUT2D eigenvalue weighted by atomic mass is 16.3. The highest BCUT2D eigenvalue weighted by Crippen LogP contribution is 2.19. The summed E-state index contributed by atoms with van der Waals surface area (Å²) in [6, 6.07) is 9.78. The summed E-state index contributed by atoms with van der Waals surface area (Å²) in [4.78, 5) is 43.6. The number of aryl methyl sites for hydroxylation is 2. The van der Waals surface area contributed by atoms with Gasteiger partial charge in [-0.15, -0.1) is 0 Å². The summed E-state index contributed by atoms with van der Waals surface area (Å²) in [7, 11) is 1.28. The number of imide groups is 1. The van der Waals surface area contributed by atoms with Crippen LogP contribution in [0.4, 0.5) is 5.69 Å². The molecule has 0 bridgehead atoms. The van der Waals surface area contributed by atoms with Gasteiger partial charge in [-0.05, 0) is 64.1 Å². The van der Waals surface area contributed by atoms with Crippen LogP contribution in [0, 0.1) is 13.8 Å². The van der Waals surface area contributed by atoms with Gasteiger partial charge in [0.15, 0.2) is 5.78 Å². The fourth-order valence-electron chi connectivity index (χ4n) is 3.80. The van der Waals surface area contributed by atoms with Crippen molar-refractivity contribution >= 4 is 23.3 Å². The average Bonchev–Trinajstić information content (AvgIpc) is 3.36. The standard InChI is InChI=1S/C25H30N6O4/c1-15-10-16(2)12-18(11-15)23(33)30(5)24(34)21(26)25(4,35)22(32)17(3)29-19-6-8-20(9-7-19)31-14-27-13-28-31/h6-14,17,21,29,35H,26H2,1-5H3/t17-,21-,25-/m1/s1. The van der Waals surface area contributed by atoms with Crippen molar-refractivity contribution in [3.63, 3.8) is 0 Å². The fraction of sp³-hybridized carbons (Fsp3) is 0.320. The van der Waals surface area contributed by atoms with Gasteiger partial charge in [0.05, 0.1) is 11.7 Å². The second-order valence-electron chi connectivity index (χ2n) is 8.82. The molecule has 2 aromatic carbocycles. The number of aliphatic hydroxyl groups is 1. The molecule has 10 nitrogen and oxygen atoms in total. The van der Waals surface area contributed by atoms with Crippen LogP contribution in [0.25, 0.3) is 5.69 Å². The molecule has 0 spiro atoms. The maximum absolute atomic E-state index is 13.0. The van der Waals surface area contributed by atoms with Crippen LogP contribution in [0.1, 0.15) is 35.3 Å². The van der Waals surface area contributed by atoms with Crippen molar-refractivity contribution in [3.05, 3.63) is 71.8 Å². The molecule has 1 aromatic heterocycles. The second-order valence-corrected chi connectivity index (χ2v) is 8.82. The maximum Gasteiger partial charge on any atom is 0.260 e. The number of carbonyl (C=O) groups excluding carboxylic acids is 3. The number of likely N-dealkylation sites (N-methyl/N-ethyl adjacent to an activating group) is 1. The number of anilines is 1. The predicted octanol–water partition coefficient (Wildman–Crippen LogP) is 1.63. The van der Waals surface area contributed by atoms with Crippen LogP contribution in [0.2, 0.25) is 0 Å². The Morgan fingerprint density at radius 1 is 1.11 bits per heavy atom. The molecule has 0 unspecified atom stereocenters. The van der Waals surface area contributed by atoms with Crippen molar-refractivity contribution < 1.29 is 19.5 Å². The number of nitrogens with zero attached hydrogens (tertiary/aromatic N) is 4. The zero-order chi connectivity index (χ0) is 25.9. The molecular formula is C25H30N6O4. The lowest BCUT2D eigenvalue weighted by atomic mass is 9.87. The van der Waals surface area contributed by atoms with E-state index in [0.29, 0.717) is 11.3 Å². The maximum atomic E-state index is 13.0. The first-order valence-electron chi connectivity index (χ1n) is 11.1. The topological polar surface area (TPSA) is 143 Å². The third-order valence-corrected chi connectivity index (χ3v) is 5.80. The minimum Gasteiger partial charge on any atom is -0.380 e. The van der Waals surface area contributed by atoms with Gasteiger partial charge < -0.3 is 16.2 Å². The molecule has 0 fully saturated rings. The number of aromatic nitrogens is 3. The van der Waals surface area contributed by atoms with Crippen molar-refractivity contribution in [2.24, 2.45) is 5.73 Å². The first-order chi connectivity index (χ1) is 16.4. The van der Waals surface area contributed by atoms with Crippen molar-refractivity contribution in [1.29, 1.82) is 0 Å². The zero-order valence-corrected chi connectivity index (χ0v) is 20.4. The minimum absolute atomic E-state index is 0.320. The summed E-state index contributed by atoms with van der Waals surface area (Å²) in [5.74, 6) is -2.12. The molecule has 0 saturated carbocycles. The van der Waals surface area contributed by atoms with Gasteiger partial charge in [-0.2, -0.15) is 5.10 Å². The van der Waals surface area contributed by atoms with Crippen LogP contribution >= 0.6 is 0 Å². The summed E-state index contributed by atoms with van der Waals surface area (Å²) in [6.45, 7) is 6.43. The first kappa shape index (κ1) is 25.7. The van der Waals surface area contributed by atoms with Crippen molar-refractivity contribution in [2.75, 3.05) is 12.4 Å². The summed E-state index contributed by atoms with van der Waals surface area (Å²) < 4.78 is 1.59. The lowest BCUT2D eigenvalue weighted by Gasteiger charge is -2.32. The molecule has 0 saturated heterocycles. The van der Waals surface area contributed by atoms with Crippen LogP contribution in [-0.4, -0.2) is 67.1 Å². The van der Waals surface area contributed by atoms with Crippen LogP contribution < -0.4 is 11.1 Å². The van der Waals surface area contributed by atoms with Crippen molar-refractivity contribution in [3.8, 4) is 5.69 Å². The largest absolute Gasteiger partial charge is 0.380 e. The van der Waals surface area contributed by atoms with E-state index in [1.54, 1.807) is 54.3 Å². The Kier molecular flexibility index (Phi) is 7.47. The molecule has 4 N–H and O–H groups in total. The van der Waals surface area contributed by atoms with E-state index in [2.05, 4.69) is 15.4 Å². The molecule has 184 valence electrons. The second kappa shape index (κ2) is 10.2. The highest BCUT2D eigenvalue weighted by molar-refractivity contribution is 6.08. The molecule has 3 aromatic rings. The molecule has 1 heterocycles. The highest BCUT2D eigenvalue weighted by Gasteiger charge is 2.45. The van der Waals surface area contributed by atoms with E-state index in [-0.39, 0.29) is 0 Å². The Morgan fingerprint density at radius 3 is 2.26 bits per heavy atom. The molecule has 2 amide bonds. The van der Waals surface area contributed by atoms with Crippen LogP contribution in [0.15, 0.2) is 55.1 Å². The van der Waals surface area contributed by atoms with Gasteiger partial charge in [0.2, 0.25) is 5.91 Å². The average molecular weight is 479 g/mol. The van der Waals surface area contributed by atoms with Gasteiger partial charge in [-0.3, -0.25) is 19.3 Å². The SMILES string of the molecule is Cc1cc(C)cc(C(=O)N(C)C(=O)[C@@H](N)[C@@](C)(O)C(=O)[C@@H](C)Nc2ccc(-n3cncn3)cc2)c1. The zero-order valence-electron chi connectivity index (χ0n) is 20.4. The normalized spacial score (nSPS) is 14.5. The van der Waals surface area contributed by atoms with Gasteiger partial charge in [0.1, 0.15) is 24.3 Å². The third-order valence-electron chi connectivity index (χ3n) is 5.80. The predicted molar refractivity (Wildman–Crippen MR) is 131 cm³/mol. The van der Waals surface area contributed by atoms with Crippen LogP contribution in [0.3, 0.4) is 0 Å². The van der Waals surface area contributed by atoms with Crippen LogP contribution in [-0.2, 0) is 9.59 Å². The number of Topliss-reactive ketones (excluding diaryl/α,β-unsaturated/α-hetero) is 1. The third kappa shape index (κ3) is 5.61. The number of ketones is 1. The molecule has 0 aliphatic heterocycles. The number of hydrogen-bond donors (Lipinski definition) is 3. The Balaban J connectivity index is 1.69. The van der Waals surface area contributed by atoms with Crippen molar-refractivity contribution in [2.45, 2.75) is 45.4 Å². The number of nitrogens with one attached hydrogen (secondary N) is 1. The van der Waals surface area contributed by atoms with Gasteiger partial charge >= 0.3 is 0 Å². The fourth-order valence-corrected chi connectivity index (χ4v) is 3.80. The summed E-state index contributed by atoms with van der Waals surface area (Å²) in [5.41, 5.74) is 7.26. The van der Waals surface area contributed by atoms with Crippen LogP contribution in [0.5, 0.6) is 0 Å². The number of nitrogens with two attached hydrogens (primary N) is 1. The lowest BCUT2D eigenvalue weighted by Crippen LogP contribution is -2.62. The Labute approximate surface area is 203 Å². The van der Waals surface area contributed by atoms with E-state index in [4.69, 9.17) is 5.73 Å². The van der Waals surface area contributed by atoms with E-state index in [0.717, 1.165) is 21.7 Å². The minimum atomic E-state index is -2.22. The molecule has 3 rings (SSSR count). The molecule has 35 heavy (non-hydrogen) atoms. The number of hydrogen-bond acceptors (Lipinski definition) is 8. The molecule has 3 atom stereocenters. The van der Waals surface area contributed by atoms with Gasteiger partial charge in [-0.25, -0.2) is 9.67 Å². The smallest absolute Gasteiger partial charge is 0.260 e. The van der Waals surface area contributed by atoms with Crippen molar-refractivity contribution in [1.82, 2.24) is 19.7 Å². The molecular weight excluding hydrogens is 448 g/mol. The summed E-state index contributed by atoms with van der Waals surface area (Å²) >= 11 is 0. The van der Waals surface area contributed by atoms with Gasteiger partial charge in [0.25, 0.3) is 5.91 Å². The van der Waals surface area contributed by atoms with Gasteiger partial charge in [0, 0.05) is 18.3 Å². The molecule has 0 radical (unpaired) electrons. The molecule has 0 aliphatic rings. The number of benzene rings is 2. The lowest BCUT2D eigenvalue weighted by molar-refractivity contribution is -0.147. The summed E-state index contributed by atoms with van der Waals surface area (Å²) in [5, 5.41) is 18.0. The van der Waals surface area contributed by atoms with E-state index in [1.807, 2.05) is 19.9 Å².